The average Bonchev–Trinajstić information content (AvgIpc) is 2.67. The van der Waals surface area contributed by atoms with E-state index < -0.39 is 0 Å². The third-order valence-electron chi connectivity index (χ3n) is 5.30. The van der Waals surface area contributed by atoms with E-state index in [0.29, 0.717) is 6.10 Å². The number of allylic oxidation sites excluding steroid dienone is 4. The SMILES string of the molecule is CCCCC/C=C\C/C=C\CCCCCCCCC1OCCC(CN(C)C)O1. The number of hydrogen-bond donors (Lipinski definition) is 0. The van der Waals surface area contributed by atoms with E-state index in [1.807, 2.05) is 0 Å². The van der Waals surface area contributed by atoms with Crippen molar-refractivity contribution in [3.8, 4) is 0 Å². The first-order valence-corrected chi connectivity index (χ1v) is 11.9. The summed E-state index contributed by atoms with van der Waals surface area (Å²) < 4.78 is 11.8. The Morgan fingerprint density at radius 3 is 2.14 bits per heavy atom. The predicted octanol–water partition coefficient (Wildman–Crippen LogP) is 6.88. The Morgan fingerprint density at radius 2 is 1.46 bits per heavy atom. The Bertz CT molecular complexity index is 392. The summed E-state index contributed by atoms with van der Waals surface area (Å²) in [4.78, 5) is 2.20. The van der Waals surface area contributed by atoms with Gasteiger partial charge in [-0.3, -0.25) is 0 Å². The van der Waals surface area contributed by atoms with Crippen molar-refractivity contribution in [2.75, 3.05) is 27.2 Å². The summed E-state index contributed by atoms with van der Waals surface area (Å²) >= 11 is 0. The van der Waals surface area contributed by atoms with E-state index in [2.05, 4.69) is 50.2 Å². The predicted molar refractivity (Wildman–Crippen MR) is 122 cm³/mol. The molecule has 0 bridgehead atoms. The fourth-order valence-electron chi connectivity index (χ4n) is 3.65. The Hall–Kier alpha value is -0.640. The Morgan fingerprint density at radius 1 is 0.821 bits per heavy atom. The fraction of sp³-hybridized carbons (Fsp3) is 0.840. The van der Waals surface area contributed by atoms with Crippen LogP contribution in [0.2, 0.25) is 0 Å². The molecule has 0 spiro atoms. The van der Waals surface area contributed by atoms with Crippen LogP contribution in [0.1, 0.15) is 96.8 Å². The first kappa shape index (κ1) is 25.4. The van der Waals surface area contributed by atoms with E-state index >= 15 is 0 Å². The van der Waals surface area contributed by atoms with Gasteiger partial charge in [-0.05, 0) is 65.5 Å². The average molecular weight is 394 g/mol. The van der Waals surface area contributed by atoms with Gasteiger partial charge >= 0.3 is 0 Å². The zero-order valence-corrected chi connectivity index (χ0v) is 19.0. The van der Waals surface area contributed by atoms with Crippen LogP contribution >= 0.6 is 0 Å². The van der Waals surface area contributed by atoms with Crippen molar-refractivity contribution in [2.45, 2.75) is 109 Å². The summed E-state index contributed by atoms with van der Waals surface area (Å²) in [6, 6.07) is 0. The molecule has 28 heavy (non-hydrogen) atoms. The van der Waals surface area contributed by atoms with Gasteiger partial charge in [0.1, 0.15) is 0 Å². The molecule has 0 aliphatic carbocycles. The van der Waals surface area contributed by atoms with E-state index in [0.717, 1.165) is 32.4 Å². The topological polar surface area (TPSA) is 21.7 Å². The summed E-state index contributed by atoms with van der Waals surface area (Å²) in [6.45, 7) is 4.12. The first-order chi connectivity index (χ1) is 13.7. The number of likely N-dealkylation sites (N-methyl/N-ethyl adjacent to an activating group) is 1. The maximum Gasteiger partial charge on any atom is 0.158 e. The van der Waals surface area contributed by atoms with E-state index in [1.54, 1.807) is 0 Å². The number of ether oxygens (including phenoxy) is 2. The zero-order valence-electron chi connectivity index (χ0n) is 19.0. The van der Waals surface area contributed by atoms with Crippen LogP contribution in [0.25, 0.3) is 0 Å². The summed E-state index contributed by atoms with van der Waals surface area (Å²) in [5.41, 5.74) is 0. The van der Waals surface area contributed by atoms with Gasteiger partial charge in [0.15, 0.2) is 6.29 Å². The lowest BCUT2D eigenvalue weighted by atomic mass is 10.1. The molecule has 1 saturated heterocycles. The van der Waals surface area contributed by atoms with Gasteiger partial charge in [-0.2, -0.15) is 0 Å². The molecule has 1 aliphatic heterocycles. The minimum atomic E-state index is 0.0320. The Kier molecular flexibility index (Phi) is 16.7. The third kappa shape index (κ3) is 15.3. The molecule has 0 radical (unpaired) electrons. The highest BCUT2D eigenvalue weighted by Crippen LogP contribution is 2.19. The second-order valence-corrected chi connectivity index (χ2v) is 8.48. The molecule has 0 aromatic heterocycles. The van der Waals surface area contributed by atoms with Crippen LogP contribution in [0.15, 0.2) is 24.3 Å². The van der Waals surface area contributed by atoms with Crippen LogP contribution < -0.4 is 0 Å². The monoisotopic (exact) mass is 393 g/mol. The van der Waals surface area contributed by atoms with Crippen molar-refractivity contribution >= 4 is 0 Å². The molecule has 0 saturated carbocycles. The molecule has 0 aromatic carbocycles. The molecule has 1 fully saturated rings. The van der Waals surface area contributed by atoms with Crippen LogP contribution in [0.5, 0.6) is 0 Å². The van der Waals surface area contributed by atoms with Crippen molar-refractivity contribution < 1.29 is 9.47 Å². The maximum absolute atomic E-state index is 6.05. The lowest BCUT2D eigenvalue weighted by molar-refractivity contribution is -0.217. The molecule has 1 heterocycles. The molecule has 3 heteroatoms. The van der Waals surface area contributed by atoms with Gasteiger partial charge in [0, 0.05) is 6.54 Å². The lowest BCUT2D eigenvalue weighted by Crippen LogP contribution is -2.38. The number of unbranched alkanes of at least 4 members (excludes halogenated alkanes) is 9. The Balaban J connectivity index is 1.85. The molecule has 0 aromatic rings. The van der Waals surface area contributed by atoms with Crippen molar-refractivity contribution in [2.24, 2.45) is 0 Å². The van der Waals surface area contributed by atoms with Crippen molar-refractivity contribution in [3.05, 3.63) is 24.3 Å². The summed E-state index contributed by atoms with van der Waals surface area (Å²) in [6.07, 6.45) is 27.3. The van der Waals surface area contributed by atoms with Gasteiger partial charge in [-0.25, -0.2) is 0 Å². The molecular formula is C25H47NO2. The molecule has 2 unspecified atom stereocenters. The summed E-state index contributed by atoms with van der Waals surface area (Å²) in [5.74, 6) is 0. The second-order valence-electron chi connectivity index (χ2n) is 8.48. The number of rotatable bonds is 17. The minimum Gasteiger partial charge on any atom is -0.353 e. The van der Waals surface area contributed by atoms with Crippen molar-refractivity contribution in [3.63, 3.8) is 0 Å². The lowest BCUT2D eigenvalue weighted by Gasteiger charge is -2.31. The Labute approximate surface area is 175 Å². The van der Waals surface area contributed by atoms with Gasteiger partial charge < -0.3 is 14.4 Å². The zero-order chi connectivity index (χ0) is 20.3. The van der Waals surface area contributed by atoms with E-state index in [4.69, 9.17) is 9.47 Å². The van der Waals surface area contributed by atoms with Crippen LogP contribution in [0, 0.1) is 0 Å². The largest absolute Gasteiger partial charge is 0.353 e. The number of nitrogens with zero attached hydrogens (tertiary/aromatic N) is 1. The second kappa shape index (κ2) is 18.4. The summed E-state index contributed by atoms with van der Waals surface area (Å²) in [5, 5.41) is 0. The highest BCUT2D eigenvalue weighted by Gasteiger charge is 2.22. The molecule has 1 rings (SSSR count). The quantitative estimate of drug-likeness (QED) is 0.198. The maximum atomic E-state index is 6.05. The van der Waals surface area contributed by atoms with E-state index in [-0.39, 0.29) is 6.29 Å². The minimum absolute atomic E-state index is 0.0320. The van der Waals surface area contributed by atoms with Gasteiger partial charge in [0.05, 0.1) is 12.7 Å². The van der Waals surface area contributed by atoms with Crippen LogP contribution in [-0.2, 0) is 9.47 Å². The molecule has 2 atom stereocenters. The van der Waals surface area contributed by atoms with E-state index in [9.17, 15) is 0 Å². The highest BCUT2D eigenvalue weighted by molar-refractivity contribution is 4.92. The van der Waals surface area contributed by atoms with Crippen LogP contribution in [0.3, 0.4) is 0 Å². The van der Waals surface area contributed by atoms with Crippen LogP contribution in [-0.4, -0.2) is 44.5 Å². The van der Waals surface area contributed by atoms with Crippen LogP contribution in [0.4, 0.5) is 0 Å². The molecule has 164 valence electrons. The highest BCUT2D eigenvalue weighted by atomic mass is 16.7. The summed E-state index contributed by atoms with van der Waals surface area (Å²) in [7, 11) is 4.21. The van der Waals surface area contributed by atoms with Gasteiger partial charge in [0.2, 0.25) is 0 Å². The molecular weight excluding hydrogens is 346 g/mol. The molecule has 1 aliphatic rings. The first-order valence-electron chi connectivity index (χ1n) is 11.9. The smallest absolute Gasteiger partial charge is 0.158 e. The standard InChI is InChI=1S/C25H47NO2/c1-4-5-6-7-8-9-10-11-12-13-14-15-16-17-18-19-20-25-27-22-21-24(28-25)23-26(2)3/h8-9,11-12,24-25H,4-7,10,13-23H2,1-3H3/b9-8-,12-11-. The fourth-order valence-corrected chi connectivity index (χ4v) is 3.65. The van der Waals surface area contributed by atoms with Gasteiger partial charge in [-0.1, -0.05) is 69.8 Å². The van der Waals surface area contributed by atoms with E-state index in [1.165, 1.54) is 70.6 Å². The molecule has 3 nitrogen and oxygen atoms in total. The molecule has 0 amide bonds. The van der Waals surface area contributed by atoms with Crippen molar-refractivity contribution in [1.29, 1.82) is 0 Å². The third-order valence-corrected chi connectivity index (χ3v) is 5.30. The molecule has 0 N–H and O–H groups in total. The van der Waals surface area contributed by atoms with Gasteiger partial charge in [-0.15, -0.1) is 0 Å². The normalized spacial score (nSPS) is 20.7. The van der Waals surface area contributed by atoms with Gasteiger partial charge in [0.25, 0.3) is 0 Å². The van der Waals surface area contributed by atoms with Crippen molar-refractivity contribution in [1.82, 2.24) is 4.90 Å². The number of hydrogen-bond acceptors (Lipinski definition) is 3.